The third kappa shape index (κ3) is 3.68. The Morgan fingerprint density at radius 1 is 1.60 bits per heavy atom. The SMILES string of the molecule is CC1CC(NCc2ccc(/C(N)=N/O)cc2F)CCO1. The minimum Gasteiger partial charge on any atom is -0.409 e. The minimum absolute atomic E-state index is 0.0957. The molecule has 0 aliphatic carbocycles. The van der Waals surface area contributed by atoms with Gasteiger partial charge < -0.3 is 21.0 Å². The van der Waals surface area contributed by atoms with Crippen LogP contribution >= 0.6 is 0 Å². The number of nitrogens with one attached hydrogen (secondary N) is 1. The lowest BCUT2D eigenvalue weighted by atomic mass is 10.0. The van der Waals surface area contributed by atoms with Crippen molar-refractivity contribution in [1.82, 2.24) is 5.32 Å². The Balaban J connectivity index is 1.96. The van der Waals surface area contributed by atoms with Gasteiger partial charge in [0.05, 0.1) is 6.10 Å². The van der Waals surface area contributed by atoms with E-state index in [-0.39, 0.29) is 17.8 Å². The van der Waals surface area contributed by atoms with E-state index >= 15 is 0 Å². The maximum atomic E-state index is 13.9. The van der Waals surface area contributed by atoms with Crippen molar-refractivity contribution in [2.45, 2.75) is 38.5 Å². The van der Waals surface area contributed by atoms with Gasteiger partial charge in [-0.05, 0) is 25.8 Å². The van der Waals surface area contributed by atoms with E-state index in [1.54, 1.807) is 12.1 Å². The highest BCUT2D eigenvalue weighted by Gasteiger charge is 2.19. The number of hydrogen-bond donors (Lipinski definition) is 3. The van der Waals surface area contributed by atoms with E-state index in [0.29, 0.717) is 23.7 Å². The van der Waals surface area contributed by atoms with Gasteiger partial charge in [0.1, 0.15) is 5.82 Å². The first-order valence-corrected chi connectivity index (χ1v) is 6.71. The summed E-state index contributed by atoms with van der Waals surface area (Å²) in [6.07, 6.45) is 2.12. The Labute approximate surface area is 117 Å². The molecular formula is C14H20FN3O2. The summed E-state index contributed by atoms with van der Waals surface area (Å²) in [5, 5.41) is 14.8. The van der Waals surface area contributed by atoms with Gasteiger partial charge in [-0.25, -0.2) is 4.39 Å². The van der Waals surface area contributed by atoms with Crippen molar-refractivity contribution in [2.24, 2.45) is 10.9 Å². The highest BCUT2D eigenvalue weighted by atomic mass is 19.1. The maximum absolute atomic E-state index is 13.9. The molecule has 0 radical (unpaired) electrons. The number of hydrogen-bond acceptors (Lipinski definition) is 4. The lowest BCUT2D eigenvalue weighted by Crippen LogP contribution is -2.37. The van der Waals surface area contributed by atoms with Crippen molar-refractivity contribution >= 4 is 5.84 Å². The fraction of sp³-hybridized carbons (Fsp3) is 0.500. The fourth-order valence-electron chi connectivity index (χ4n) is 2.35. The number of nitrogens with two attached hydrogens (primary N) is 1. The predicted octanol–water partition coefficient (Wildman–Crippen LogP) is 1.58. The zero-order chi connectivity index (χ0) is 14.5. The molecule has 1 aliphatic heterocycles. The molecule has 1 fully saturated rings. The van der Waals surface area contributed by atoms with Crippen molar-refractivity contribution in [3.05, 3.63) is 35.1 Å². The standard InChI is InChI=1S/C14H20FN3O2/c1-9-6-12(4-5-20-9)17-8-11-3-2-10(7-13(11)15)14(16)18-19/h2-3,7,9,12,17,19H,4-6,8H2,1H3,(H2,16,18). The van der Waals surface area contributed by atoms with Crippen molar-refractivity contribution in [3.63, 3.8) is 0 Å². The van der Waals surface area contributed by atoms with E-state index in [0.717, 1.165) is 19.4 Å². The third-order valence-electron chi connectivity index (χ3n) is 3.52. The molecule has 4 N–H and O–H groups in total. The van der Waals surface area contributed by atoms with Crippen LogP contribution in [0.1, 0.15) is 30.9 Å². The van der Waals surface area contributed by atoms with Crippen molar-refractivity contribution in [3.8, 4) is 0 Å². The van der Waals surface area contributed by atoms with Gasteiger partial charge in [-0.1, -0.05) is 17.3 Å². The van der Waals surface area contributed by atoms with Crippen LogP contribution in [0.5, 0.6) is 0 Å². The topological polar surface area (TPSA) is 79.9 Å². The summed E-state index contributed by atoms with van der Waals surface area (Å²) in [4.78, 5) is 0. The number of amidine groups is 1. The second-order valence-corrected chi connectivity index (χ2v) is 5.08. The molecule has 0 amide bonds. The number of halogens is 1. The lowest BCUT2D eigenvalue weighted by Gasteiger charge is -2.28. The Morgan fingerprint density at radius 2 is 2.40 bits per heavy atom. The van der Waals surface area contributed by atoms with Crippen LogP contribution in [0.15, 0.2) is 23.4 Å². The van der Waals surface area contributed by atoms with E-state index in [1.165, 1.54) is 6.07 Å². The molecule has 5 nitrogen and oxygen atoms in total. The van der Waals surface area contributed by atoms with E-state index in [4.69, 9.17) is 15.7 Å². The van der Waals surface area contributed by atoms with Crippen LogP contribution < -0.4 is 11.1 Å². The van der Waals surface area contributed by atoms with Crippen molar-refractivity contribution in [1.29, 1.82) is 0 Å². The van der Waals surface area contributed by atoms with Gasteiger partial charge in [0, 0.05) is 30.3 Å². The molecule has 1 aromatic rings. The monoisotopic (exact) mass is 281 g/mol. The van der Waals surface area contributed by atoms with Gasteiger partial charge in [-0.2, -0.15) is 0 Å². The molecule has 1 heterocycles. The molecule has 110 valence electrons. The second-order valence-electron chi connectivity index (χ2n) is 5.08. The minimum atomic E-state index is -0.360. The quantitative estimate of drug-likeness (QED) is 0.339. The lowest BCUT2D eigenvalue weighted by molar-refractivity contribution is 0.0130. The van der Waals surface area contributed by atoms with Crippen LogP contribution in [0.2, 0.25) is 0 Å². The smallest absolute Gasteiger partial charge is 0.170 e. The van der Waals surface area contributed by atoms with Gasteiger partial charge in [0.2, 0.25) is 0 Å². The summed E-state index contributed by atoms with van der Waals surface area (Å²) >= 11 is 0. The second kappa shape index (κ2) is 6.67. The molecule has 0 spiro atoms. The summed E-state index contributed by atoms with van der Waals surface area (Å²) in [6.45, 7) is 3.24. The normalized spacial score (nSPS) is 23.8. The number of ether oxygens (including phenoxy) is 1. The summed E-state index contributed by atoms with van der Waals surface area (Å²) in [5.74, 6) is -0.455. The summed E-state index contributed by atoms with van der Waals surface area (Å²) in [6, 6.07) is 4.92. The maximum Gasteiger partial charge on any atom is 0.170 e. The Hall–Kier alpha value is -1.66. The van der Waals surface area contributed by atoms with Crippen LogP contribution in [-0.2, 0) is 11.3 Å². The molecule has 0 saturated carbocycles. The van der Waals surface area contributed by atoms with Gasteiger partial charge in [0.15, 0.2) is 5.84 Å². The molecule has 0 aromatic heterocycles. The highest BCUT2D eigenvalue weighted by Crippen LogP contribution is 2.15. The Bertz CT molecular complexity index is 493. The van der Waals surface area contributed by atoms with Crippen molar-refractivity contribution < 1.29 is 14.3 Å². The van der Waals surface area contributed by atoms with Crippen LogP contribution in [0.3, 0.4) is 0 Å². The molecule has 2 atom stereocenters. The Morgan fingerprint density at radius 3 is 3.05 bits per heavy atom. The first-order chi connectivity index (χ1) is 9.60. The predicted molar refractivity (Wildman–Crippen MR) is 74.2 cm³/mol. The fourth-order valence-corrected chi connectivity index (χ4v) is 2.35. The van der Waals surface area contributed by atoms with Crippen LogP contribution in [-0.4, -0.2) is 29.8 Å². The average Bonchev–Trinajstić information content (AvgIpc) is 2.45. The summed E-state index contributed by atoms with van der Waals surface area (Å²) in [7, 11) is 0. The highest BCUT2D eigenvalue weighted by molar-refractivity contribution is 5.97. The molecule has 2 unspecified atom stereocenters. The zero-order valence-corrected chi connectivity index (χ0v) is 11.5. The largest absolute Gasteiger partial charge is 0.409 e. The van der Waals surface area contributed by atoms with Gasteiger partial charge in [-0.15, -0.1) is 0 Å². The average molecular weight is 281 g/mol. The van der Waals surface area contributed by atoms with E-state index in [2.05, 4.69) is 10.5 Å². The summed E-state index contributed by atoms with van der Waals surface area (Å²) < 4.78 is 19.4. The third-order valence-corrected chi connectivity index (χ3v) is 3.52. The molecule has 0 bridgehead atoms. The first kappa shape index (κ1) is 14.7. The molecular weight excluding hydrogens is 261 g/mol. The molecule has 6 heteroatoms. The van der Waals surface area contributed by atoms with Gasteiger partial charge in [0.25, 0.3) is 0 Å². The number of oxime groups is 1. The summed E-state index contributed by atoms with van der Waals surface area (Å²) in [5.41, 5.74) is 6.36. The number of rotatable bonds is 4. The van der Waals surface area contributed by atoms with Crippen LogP contribution in [0.4, 0.5) is 4.39 Å². The number of nitrogens with zero attached hydrogens (tertiary/aromatic N) is 1. The first-order valence-electron chi connectivity index (χ1n) is 6.71. The van der Waals surface area contributed by atoms with E-state index < -0.39 is 0 Å². The van der Waals surface area contributed by atoms with E-state index in [1.807, 2.05) is 6.92 Å². The van der Waals surface area contributed by atoms with Crippen LogP contribution in [0.25, 0.3) is 0 Å². The van der Waals surface area contributed by atoms with Crippen LogP contribution in [0, 0.1) is 5.82 Å². The molecule has 1 saturated heterocycles. The van der Waals surface area contributed by atoms with Crippen molar-refractivity contribution in [2.75, 3.05) is 6.61 Å². The zero-order valence-electron chi connectivity index (χ0n) is 11.5. The molecule has 1 aliphatic rings. The van der Waals surface area contributed by atoms with Gasteiger partial charge >= 0.3 is 0 Å². The van der Waals surface area contributed by atoms with E-state index in [9.17, 15) is 4.39 Å². The molecule has 2 rings (SSSR count). The Kier molecular flexibility index (Phi) is 4.92. The molecule has 1 aromatic carbocycles. The number of benzene rings is 1. The van der Waals surface area contributed by atoms with Gasteiger partial charge in [-0.3, -0.25) is 0 Å². The molecule has 20 heavy (non-hydrogen) atoms.